The fourth-order valence-electron chi connectivity index (χ4n) is 3.43. The Bertz CT molecular complexity index is 748. The molecule has 0 heterocycles. The van der Waals surface area contributed by atoms with E-state index in [0.717, 1.165) is 37.4 Å². The predicted molar refractivity (Wildman–Crippen MR) is 111 cm³/mol. The van der Waals surface area contributed by atoms with Crippen LogP contribution in [-0.4, -0.2) is 32.8 Å². The molecule has 2 N–H and O–H groups in total. The lowest BCUT2D eigenvalue weighted by Crippen LogP contribution is -2.35. The molecule has 1 aliphatic rings. The maximum atomic E-state index is 12.3. The molecule has 0 spiro atoms. The molecule has 0 saturated heterocycles. The van der Waals surface area contributed by atoms with Crippen LogP contribution in [0.25, 0.3) is 0 Å². The van der Waals surface area contributed by atoms with Gasteiger partial charge in [-0.15, -0.1) is 0 Å². The number of ether oxygens (including phenoxy) is 1. The van der Waals surface area contributed by atoms with E-state index in [2.05, 4.69) is 41.5 Å². The van der Waals surface area contributed by atoms with E-state index in [1.165, 1.54) is 11.3 Å². The Kier molecular flexibility index (Phi) is 5.89. The van der Waals surface area contributed by atoms with E-state index in [-0.39, 0.29) is 11.4 Å². The van der Waals surface area contributed by atoms with Gasteiger partial charge in [0.2, 0.25) is 0 Å². The van der Waals surface area contributed by atoms with Crippen LogP contribution in [0.3, 0.4) is 0 Å². The average molecular weight is 367 g/mol. The maximum Gasteiger partial charge on any atom is 0.319 e. The van der Waals surface area contributed by atoms with Crippen molar-refractivity contribution >= 4 is 17.4 Å². The van der Waals surface area contributed by atoms with Gasteiger partial charge in [-0.05, 0) is 68.7 Å². The third kappa shape index (κ3) is 4.54. The molecule has 0 bridgehead atoms. The summed E-state index contributed by atoms with van der Waals surface area (Å²) in [5, 5.41) is 5.95. The van der Waals surface area contributed by atoms with Crippen LogP contribution in [-0.2, 0) is 5.41 Å². The van der Waals surface area contributed by atoms with E-state index in [1.54, 1.807) is 7.11 Å². The number of urea groups is 1. The zero-order valence-electron chi connectivity index (χ0n) is 16.4. The topological polar surface area (TPSA) is 53.6 Å². The summed E-state index contributed by atoms with van der Waals surface area (Å²) in [6.07, 6.45) is 2.19. The van der Waals surface area contributed by atoms with Crippen molar-refractivity contribution in [1.82, 2.24) is 5.32 Å². The second-order valence-electron chi connectivity index (χ2n) is 7.04. The van der Waals surface area contributed by atoms with Crippen molar-refractivity contribution in [2.75, 3.05) is 37.0 Å². The van der Waals surface area contributed by atoms with Gasteiger partial charge in [-0.25, -0.2) is 4.79 Å². The summed E-state index contributed by atoms with van der Waals surface area (Å²) in [5.74, 6) is 0.855. The van der Waals surface area contributed by atoms with Crippen molar-refractivity contribution in [2.45, 2.75) is 32.1 Å². The van der Waals surface area contributed by atoms with Crippen LogP contribution in [0.2, 0.25) is 0 Å². The number of hydrogen-bond acceptors (Lipinski definition) is 3. The molecule has 0 radical (unpaired) electrons. The highest BCUT2D eigenvalue weighted by molar-refractivity contribution is 5.89. The third-order valence-electron chi connectivity index (χ3n) is 5.40. The van der Waals surface area contributed by atoms with Crippen LogP contribution < -0.4 is 20.3 Å². The van der Waals surface area contributed by atoms with Gasteiger partial charge in [0.15, 0.2) is 0 Å². The Morgan fingerprint density at radius 1 is 1.04 bits per heavy atom. The number of nitrogens with zero attached hydrogens (tertiary/aromatic N) is 1. The lowest BCUT2D eigenvalue weighted by Gasteiger charge is -2.21. The van der Waals surface area contributed by atoms with Crippen molar-refractivity contribution in [3.63, 3.8) is 0 Å². The molecule has 0 atom stereocenters. The van der Waals surface area contributed by atoms with E-state index in [0.29, 0.717) is 6.54 Å². The molecule has 1 fully saturated rings. The molecule has 144 valence electrons. The van der Waals surface area contributed by atoms with Gasteiger partial charge >= 0.3 is 6.03 Å². The molecule has 27 heavy (non-hydrogen) atoms. The standard InChI is InChI=1S/C22H29N3O2/c1-4-25(5-2)19-10-8-18(9-11-19)24-21(26)23-16-22(14-15-22)17-6-12-20(27-3)13-7-17/h6-13H,4-5,14-16H2,1-3H3,(H2,23,24,26). The van der Waals surface area contributed by atoms with E-state index in [9.17, 15) is 4.79 Å². The highest BCUT2D eigenvalue weighted by Gasteiger charge is 2.44. The summed E-state index contributed by atoms with van der Waals surface area (Å²) in [6.45, 7) is 6.86. The minimum Gasteiger partial charge on any atom is -0.497 e. The smallest absolute Gasteiger partial charge is 0.319 e. The number of anilines is 2. The number of rotatable bonds is 8. The highest BCUT2D eigenvalue weighted by atomic mass is 16.5. The summed E-state index contributed by atoms with van der Waals surface area (Å²) in [7, 11) is 1.67. The number of carbonyl (C=O) groups is 1. The number of amides is 2. The molecule has 1 saturated carbocycles. The molecule has 0 unspecified atom stereocenters. The van der Waals surface area contributed by atoms with Gasteiger partial charge in [0.05, 0.1) is 7.11 Å². The fraction of sp³-hybridized carbons (Fsp3) is 0.409. The Labute approximate surface area is 161 Å². The average Bonchev–Trinajstić information content (AvgIpc) is 3.50. The minimum atomic E-state index is -0.162. The van der Waals surface area contributed by atoms with E-state index in [4.69, 9.17) is 4.74 Å². The zero-order valence-corrected chi connectivity index (χ0v) is 16.4. The van der Waals surface area contributed by atoms with E-state index < -0.39 is 0 Å². The predicted octanol–water partition coefficient (Wildman–Crippen LogP) is 4.39. The van der Waals surface area contributed by atoms with Crippen LogP contribution in [0.4, 0.5) is 16.2 Å². The van der Waals surface area contributed by atoms with Crippen molar-refractivity contribution < 1.29 is 9.53 Å². The Morgan fingerprint density at radius 2 is 1.67 bits per heavy atom. The largest absolute Gasteiger partial charge is 0.497 e. The second-order valence-corrected chi connectivity index (χ2v) is 7.04. The number of hydrogen-bond donors (Lipinski definition) is 2. The first-order chi connectivity index (χ1) is 13.1. The molecule has 2 aromatic carbocycles. The highest BCUT2D eigenvalue weighted by Crippen LogP contribution is 2.47. The number of carbonyl (C=O) groups excluding carboxylic acids is 1. The SMILES string of the molecule is CCN(CC)c1ccc(NC(=O)NCC2(c3ccc(OC)cc3)CC2)cc1. The molecule has 3 rings (SSSR count). The Hall–Kier alpha value is -2.69. The van der Waals surface area contributed by atoms with Crippen LogP contribution in [0, 0.1) is 0 Å². The van der Waals surface area contributed by atoms with Crippen LogP contribution >= 0.6 is 0 Å². The summed E-state index contributed by atoms with van der Waals surface area (Å²) < 4.78 is 5.22. The van der Waals surface area contributed by atoms with Gasteiger partial charge in [0.1, 0.15) is 5.75 Å². The van der Waals surface area contributed by atoms with Crippen LogP contribution in [0.15, 0.2) is 48.5 Å². The normalized spacial score (nSPS) is 14.3. The molecule has 0 aliphatic heterocycles. The summed E-state index contributed by atoms with van der Waals surface area (Å²) in [5.41, 5.74) is 3.29. The van der Waals surface area contributed by atoms with Crippen LogP contribution in [0.5, 0.6) is 5.75 Å². The summed E-state index contributed by atoms with van der Waals surface area (Å²) >= 11 is 0. The van der Waals surface area contributed by atoms with Crippen molar-refractivity contribution in [3.8, 4) is 5.75 Å². The molecule has 5 heteroatoms. The molecule has 1 aliphatic carbocycles. The molecule has 0 aromatic heterocycles. The monoisotopic (exact) mass is 367 g/mol. The first kappa shape index (κ1) is 19.1. The van der Waals surface area contributed by atoms with E-state index in [1.807, 2.05) is 36.4 Å². The molecular formula is C22H29N3O2. The number of methoxy groups -OCH3 is 1. The minimum absolute atomic E-state index is 0.0657. The molecule has 2 aromatic rings. The lowest BCUT2D eigenvalue weighted by atomic mass is 9.96. The van der Waals surface area contributed by atoms with Gasteiger partial charge < -0.3 is 20.3 Å². The lowest BCUT2D eigenvalue weighted by molar-refractivity contribution is 0.251. The molecule has 5 nitrogen and oxygen atoms in total. The Balaban J connectivity index is 1.53. The third-order valence-corrected chi connectivity index (χ3v) is 5.40. The molecular weight excluding hydrogens is 338 g/mol. The summed E-state index contributed by atoms with van der Waals surface area (Å²) in [6, 6.07) is 16.0. The molecule has 2 amide bonds. The first-order valence-electron chi connectivity index (χ1n) is 9.64. The van der Waals surface area contributed by atoms with Crippen LogP contribution in [0.1, 0.15) is 32.3 Å². The van der Waals surface area contributed by atoms with Gasteiger partial charge in [-0.3, -0.25) is 0 Å². The second kappa shape index (κ2) is 8.33. The van der Waals surface area contributed by atoms with Gasteiger partial charge in [-0.1, -0.05) is 12.1 Å². The Morgan fingerprint density at radius 3 is 2.19 bits per heavy atom. The van der Waals surface area contributed by atoms with Gasteiger partial charge in [-0.2, -0.15) is 0 Å². The fourth-order valence-corrected chi connectivity index (χ4v) is 3.43. The van der Waals surface area contributed by atoms with Crippen molar-refractivity contribution in [2.24, 2.45) is 0 Å². The first-order valence-corrected chi connectivity index (χ1v) is 9.64. The zero-order chi connectivity index (χ0) is 19.3. The van der Waals surface area contributed by atoms with Gasteiger partial charge in [0.25, 0.3) is 0 Å². The van der Waals surface area contributed by atoms with E-state index >= 15 is 0 Å². The van der Waals surface area contributed by atoms with Crippen molar-refractivity contribution in [1.29, 1.82) is 0 Å². The quantitative estimate of drug-likeness (QED) is 0.727. The summed E-state index contributed by atoms with van der Waals surface area (Å²) in [4.78, 5) is 14.6. The number of benzene rings is 2. The number of nitrogens with one attached hydrogen (secondary N) is 2. The van der Waals surface area contributed by atoms with Gasteiger partial charge in [0, 0.05) is 36.4 Å². The van der Waals surface area contributed by atoms with Crippen molar-refractivity contribution in [3.05, 3.63) is 54.1 Å². The maximum absolute atomic E-state index is 12.3.